The summed E-state index contributed by atoms with van der Waals surface area (Å²) in [6, 6.07) is 2.04. The van der Waals surface area contributed by atoms with Crippen molar-refractivity contribution in [2.45, 2.75) is 12.2 Å². The van der Waals surface area contributed by atoms with Crippen LogP contribution in [0.2, 0.25) is 0 Å². The summed E-state index contributed by atoms with van der Waals surface area (Å²) in [6.07, 6.45) is 0.511. The molecule has 0 saturated heterocycles. The minimum atomic E-state index is 0.104. The van der Waals surface area contributed by atoms with Crippen LogP contribution in [0.5, 0.6) is 0 Å². The number of thiophene rings is 1. The van der Waals surface area contributed by atoms with E-state index >= 15 is 0 Å². The van der Waals surface area contributed by atoms with Crippen molar-refractivity contribution < 1.29 is 9.90 Å². The summed E-state index contributed by atoms with van der Waals surface area (Å²) in [6.45, 7) is 0.104. The zero-order chi connectivity index (χ0) is 13.4. The Morgan fingerprint density at radius 3 is 3.00 bits per heavy atom. The van der Waals surface area contributed by atoms with Crippen molar-refractivity contribution in [2.75, 3.05) is 26.5 Å². The zero-order valence-corrected chi connectivity index (χ0v) is 12.2. The highest BCUT2D eigenvalue weighted by Gasteiger charge is 2.04. The lowest BCUT2D eigenvalue weighted by Gasteiger charge is -2.08. The van der Waals surface area contributed by atoms with E-state index in [2.05, 4.69) is 11.8 Å². The second-order valence-electron chi connectivity index (χ2n) is 3.86. The summed E-state index contributed by atoms with van der Waals surface area (Å²) in [5.41, 5.74) is 0.989. The Balaban J connectivity index is 2.36. The molecule has 1 amide bonds. The average molecular weight is 283 g/mol. The van der Waals surface area contributed by atoms with Crippen LogP contribution >= 0.6 is 23.1 Å². The van der Waals surface area contributed by atoms with E-state index < -0.39 is 0 Å². The molecule has 0 aliphatic carbocycles. The van der Waals surface area contributed by atoms with Gasteiger partial charge in [0.05, 0.1) is 12.4 Å². The van der Waals surface area contributed by atoms with Gasteiger partial charge >= 0.3 is 0 Å². The first-order chi connectivity index (χ1) is 8.63. The molecular weight excluding hydrogens is 266 g/mol. The summed E-state index contributed by atoms with van der Waals surface area (Å²) >= 11 is 3.27. The molecule has 0 spiro atoms. The number of nitrogens with zero attached hydrogens (tertiary/aromatic N) is 1. The SMILES string of the molecule is CN(C)C(=O)CSCc1cc(C#CCCO)cs1. The van der Waals surface area contributed by atoms with Crippen LogP contribution in [0.3, 0.4) is 0 Å². The lowest BCUT2D eigenvalue weighted by molar-refractivity contribution is -0.125. The van der Waals surface area contributed by atoms with E-state index in [9.17, 15) is 4.79 Å². The molecule has 0 unspecified atom stereocenters. The van der Waals surface area contributed by atoms with Gasteiger partial charge in [-0.05, 0) is 6.07 Å². The van der Waals surface area contributed by atoms with E-state index in [1.54, 1.807) is 42.1 Å². The Hall–Kier alpha value is -0.960. The average Bonchev–Trinajstić information content (AvgIpc) is 2.77. The molecule has 1 N–H and O–H groups in total. The van der Waals surface area contributed by atoms with Crippen molar-refractivity contribution in [3.8, 4) is 11.8 Å². The maximum absolute atomic E-state index is 11.4. The van der Waals surface area contributed by atoms with E-state index in [0.29, 0.717) is 12.2 Å². The monoisotopic (exact) mass is 283 g/mol. The first-order valence-corrected chi connectivity index (χ1v) is 7.62. The lowest BCUT2D eigenvalue weighted by atomic mass is 10.3. The molecule has 18 heavy (non-hydrogen) atoms. The fourth-order valence-electron chi connectivity index (χ4n) is 1.11. The van der Waals surface area contributed by atoms with Gasteiger partial charge in [-0.2, -0.15) is 0 Å². The molecule has 0 saturated carbocycles. The van der Waals surface area contributed by atoms with Crippen molar-refractivity contribution in [3.63, 3.8) is 0 Å². The first kappa shape index (κ1) is 15.1. The number of carbonyl (C=O) groups is 1. The van der Waals surface area contributed by atoms with Crippen molar-refractivity contribution in [1.29, 1.82) is 0 Å². The summed E-state index contributed by atoms with van der Waals surface area (Å²) in [7, 11) is 3.53. The third kappa shape index (κ3) is 5.58. The predicted octanol–water partition coefficient (Wildman–Crippen LogP) is 1.80. The van der Waals surface area contributed by atoms with Crippen LogP contribution in [0, 0.1) is 11.8 Å². The van der Waals surface area contributed by atoms with Crippen LogP contribution in [-0.4, -0.2) is 42.4 Å². The van der Waals surface area contributed by atoms with Crippen molar-refractivity contribution in [1.82, 2.24) is 4.90 Å². The van der Waals surface area contributed by atoms with E-state index in [1.165, 1.54) is 4.88 Å². The topological polar surface area (TPSA) is 40.5 Å². The highest BCUT2D eigenvalue weighted by atomic mass is 32.2. The van der Waals surface area contributed by atoms with Crippen LogP contribution in [0.1, 0.15) is 16.9 Å². The normalized spacial score (nSPS) is 9.72. The minimum absolute atomic E-state index is 0.104. The number of carbonyl (C=O) groups excluding carboxylic acids is 1. The third-order valence-electron chi connectivity index (χ3n) is 2.09. The van der Waals surface area contributed by atoms with Gasteiger partial charge in [-0.25, -0.2) is 0 Å². The zero-order valence-electron chi connectivity index (χ0n) is 10.6. The largest absolute Gasteiger partial charge is 0.395 e. The molecule has 1 heterocycles. The fraction of sp³-hybridized carbons (Fsp3) is 0.462. The molecule has 0 aliphatic rings. The molecule has 1 rings (SSSR count). The number of thioether (sulfide) groups is 1. The number of rotatable bonds is 5. The Bertz CT molecular complexity index is 443. The Labute approximate surface area is 116 Å². The molecule has 1 aromatic heterocycles. The molecule has 0 bridgehead atoms. The molecule has 1 aromatic rings. The second-order valence-corrected chi connectivity index (χ2v) is 5.84. The summed E-state index contributed by atoms with van der Waals surface area (Å²) in [5, 5.41) is 10.6. The maximum atomic E-state index is 11.4. The van der Waals surface area contributed by atoms with Gasteiger partial charge in [-0.1, -0.05) is 11.8 Å². The molecule has 0 radical (unpaired) electrons. The number of aliphatic hydroxyl groups is 1. The van der Waals surface area contributed by atoms with Gasteiger partial charge in [0, 0.05) is 42.1 Å². The predicted molar refractivity (Wildman–Crippen MR) is 77.8 cm³/mol. The van der Waals surface area contributed by atoms with E-state index in [4.69, 9.17) is 5.11 Å². The number of hydrogen-bond donors (Lipinski definition) is 1. The lowest BCUT2D eigenvalue weighted by Crippen LogP contribution is -2.23. The van der Waals surface area contributed by atoms with Gasteiger partial charge in [0.2, 0.25) is 5.91 Å². The molecule has 0 aliphatic heterocycles. The van der Waals surface area contributed by atoms with Crippen LogP contribution < -0.4 is 0 Å². The molecule has 5 heteroatoms. The van der Waals surface area contributed by atoms with Gasteiger partial charge < -0.3 is 10.0 Å². The summed E-state index contributed by atoms with van der Waals surface area (Å²) < 4.78 is 0. The van der Waals surface area contributed by atoms with Gasteiger partial charge in [0.1, 0.15) is 0 Å². The van der Waals surface area contributed by atoms with Crippen LogP contribution in [0.15, 0.2) is 11.4 Å². The molecular formula is C13H17NO2S2. The van der Waals surface area contributed by atoms with E-state index in [0.717, 1.165) is 11.3 Å². The smallest absolute Gasteiger partial charge is 0.232 e. The van der Waals surface area contributed by atoms with Crippen molar-refractivity contribution >= 4 is 29.0 Å². The molecule has 0 fully saturated rings. The maximum Gasteiger partial charge on any atom is 0.232 e. The van der Waals surface area contributed by atoms with Crippen LogP contribution in [0.25, 0.3) is 0 Å². The van der Waals surface area contributed by atoms with Crippen LogP contribution in [0.4, 0.5) is 0 Å². The number of aliphatic hydroxyl groups excluding tert-OH is 1. The highest BCUT2D eigenvalue weighted by Crippen LogP contribution is 2.20. The Kier molecular flexibility index (Phi) is 6.88. The molecule has 0 aromatic carbocycles. The second kappa shape index (κ2) is 8.20. The molecule has 98 valence electrons. The Morgan fingerprint density at radius 1 is 1.56 bits per heavy atom. The highest BCUT2D eigenvalue weighted by molar-refractivity contribution is 7.99. The quantitative estimate of drug-likeness (QED) is 0.838. The fourth-order valence-corrected chi connectivity index (χ4v) is 3.05. The summed E-state index contributed by atoms with van der Waals surface area (Å²) in [4.78, 5) is 14.2. The van der Waals surface area contributed by atoms with E-state index in [-0.39, 0.29) is 12.5 Å². The number of hydrogen-bond acceptors (Lipinski definition) is 4. The van der Waals surface area contributed by atoms with Gasteiger partial charge in [-0.15, -0.1) is 23.1 Å². The minimum Gasteiger partial charge on any atom is -0.395 e. The third-order valence-corrected chi connectivity index (χ3v) is 4.18. The van der Waals surface area contributed by atoms with Crippen molar-refractivity contribution in [2.24, 2.45) is 0 Å². The van der Waals surface area contributed by atoms with E-state index in [1.807, 2.05) is 11.4 Å². The van der Waals surface area contributed by atoms with Gasteiger partial charge in [0.25, 0.3) is 0 Å². The van der Waals surface area contributed by atoms with Crippen molar-refractivity contribution in [3.05, 3.63) is 21.9 Å². The summed E-state index contributed by atoms with van der Waals surface area (Å²) in [5.74, 6) is 7.38. The number of amides is 1. The van der Waals surface area contributed by atoms with Crippen LogP contribution in [-0.2, 0) is 10.5 Å². The van der Waals surface area contributed by atoms with Gasteiger partial charge in [0.15, 0.2) is 0 Å². The standard InChI is InChI=1S/C13H17NO2S2/c1-14(2)13(16)10-17-9-12-7-11(8-18-12)5-3-4-6-15/h7-8,15H,4,6,9-10H2,1-2H3. The Morgan fingerprint density at radius 2 is 2.33 bits per heavy atom. The molecule has 3 nitrogen and oxygen atoms in total. The molecule has 0 atom stereocenters. The first-order valence-electron chi connectivity index (χ1n) is 5.58. The van der Waals surface area contributed by atoms with Gasteiger partial charge in [-0.3, -0.25) is 4.79 Å².